The van der Waals surface area contributed by atoms with Crippen LogP contribution in [0.3, 0.4) is 0 Å². The number of carbonyl (C=O) groups is 1. The third-order valence-corrected chi connectivity index (χ3v) is 2.60. The fourth-order valence-corrected chi connectivity index (χ4v) is 1.63. The third kappa shape index (κ3) is 4.86. The number of amides is 1. The van der Waals surface area contributed by atoms with Crippen molar-refractivity contribution in [2.45, 2.75) is 20.3 Å². The number of hydrogen-bond acceptors (Lipinski definition) is 7. The minimum absolute atomic E-state index is 0.0105. The van der Waals surface area contributed by atoms with Gasteiger partial charge in [-0.3, -0.25) is 14.9 Å². The van der Waals surface area contributed by atoms with Gasteiger partial charge in [-0.1, -0.05) is 6.92 Å². The SMILES string of the molecule is CCCNC(=O)CN(C)c1nc(NCC)ncc1[N+](=O)[O-]. The molecular weight excluding hydrogens is 276 g/mol. The molecule has 0 aliphatic carbocycles. The van der Waals surface area contributed by atoms with E-state index in [0.29, 0.717) is 19.0 Å². The first kappa shape index (κ1) is 16.6. The molecule has 0 spiro atoms. The van der Waals surface area contributed by atoms with Crippen LogP contribution in [0.15, 0.2) is 6.20 Å². The summed E-state index contributed by atoms with van der Waals surface area (Å²) in [5.41, 5.74) is -0.234. The number of likely N-dealkylation sites (N-methyl/N-ethyl adjacent to an activating group) is 1. The van der Waals surface area contributed by atoms with Crippen molar-refractivity contribution in [2.24, 2.45) is 0 Å². The average Bonchev–Trinajstić information content (AvgIpc) is 2.45. The predicted molar refractivity (Wildman–Crippen MR) is 79.4 cm³/mol. The van der Waals surface area contributed by atoms with Crippen molar-refractivity contribution >= 4 is 23.4 Å². The first-order chi connectivity index (χ1) is 9.99. The van der Waals surface area contributed by atoms with Gasteiger partial charge in [0.25, 0.3) is 0 Å². The zero-order valence-corrected chi connectivity index (χ0v) is 12.4. The lowest BCUT2D eigenvalue weighted by atomic mass is 10.4. The van der Waals surface area contributed by atoms with Crippen molar-refractivity contribution in [3.63, 3.8) is 0 Å². The van der Waals surface area contributed by atoms with Crippen LogP contribution in [0.1, 0.15) is 20.3 Å². The van der Waals surface area contributed by atoms with Gasteiger partial charge in [0.15, 0.2) is 0 Å². The first-order valence-corrected chi connectivity index (χ1v) is 6.72. The van der Waals surface area contributed by atoms with Gasteiger partial charge in [0.05, 0.1) is 11.5 Å². The molecule has 0 unspecified atom stereocenters. The van der Waals surface area contributed by atoms with Crippen molar-refractivity contribution in [3.8, 4) is 0 Å². The minimum atomic E-state index is -0.564. The highest BCUT2D eigenvalue weighted by Gasteiger charge is 2.22. The van der Waals surface area contributed by atoms with Crippen molar-refractivity contribution in [3.05, 3.63) is 16.3 Å². The molecule has 0 saturated carbocycles. The standard InChI is InChI=1S/C12H20N6O3/c1-4-6-14-10(19)8-17(3)11-9(18(20)21)7-15-12(16-11)13-5-2/h7H,4-6,8H2,1-3H3,(H,14,19)(H,13,15,16). The second kappa shape index (κ2) is 7.98. The van der Waals surface area contributed by atoms with Crippen LogP contribution in [0.25, 0.3) is 0 Å². The molecule has 0 saturated heterocycles. The first-order valence-electron chi connectivity index (χ1n) is 6.72. The molecule has 1 rings (SSSR count). The van der Waals surface area contributed by atoms with Gasteiger partial charge in [0.2, 0.25) is 17.7 Å². The van der Waals surface area contributed by atoms with Gasteiger partial charge in [0.1, 0.15) is 6.20 Å². The van der Waals surface area contributed by atoms with Gasteiger partial charge >= 0.3 is 5.69 Å². The normalized spacial score (nSPS) is 10.0. The maximum Gasteiger partial charge on any atom is 0.329 e. The molecule has 0 aromatic carbocycles. The maximum atomic E-state index is 11.7. The Morgan fingerprint density at radius 3 is 2.76 bits per heavy atom. The highest BCUT2D eigenvalue weighted by Crippen LogP contribution is 2.24. The summed E-state index contributed by atoms with van der Waals surface area (Å²) in [5, 5.41) is 16.6. The van der Waals surface area contributed by atoms with Crippen LogP contribution >= 0.6 is 0 Å². The zero-order chi connectivity index (χ0) is 15.8. The summed E-state index contributed by atoms with van der Waals surface area (Å²) in [7, 11) is 1.58. The molecule has 0 aliphatic heterocycles. The van der Waals surface area contributed by atoms with Crippen LogP contribution in [-0.2, 0) is 4.79 Å². The molecule has 0 radical (unpaired) electrons. The molecule has 1 aromatic rings. The Bertz CT molecular complexity index is 508. The van der Waals surface area contributed by atoms with Crippen molar-refractivity contribution in [1.82, 2.24) is 15.3 Å². The predicted octanol–water partition coefficient (Wildman–Crippen LogP) is 0.779. The van der Waals surface area contributed by atoms with E-state index in [1.807, 2.05) is 13.8 Å². The molecule has 1 amide bonds. The molecule has 9 heteroatoms. The molecule has 2 N–H and O–H groups in total. The van der Waals surface area contributed by atoms with Crippen LogP contribution in [0.5, 0.6) is 0 Å². The highest BCUT2D eigenvalue weighted by molar-refractivity contribution is 5.81. The lowest BCUT2D eigenvalue weighted by Gasteiger charge is -2.18. The number of aromatic nitrogens is 2. The number of rotatable bonds is 8. The number of hydrogen-bond donors (Lipinski definition) is 2. The Balaban J connectivity index is 2.93. The highest BCUT2D eigenvalue weighted by atomic mass is 16.6. The number of nitro groups is 1. The van der Waals surface area contributed by atoms with E-state index in [1.165, 1.54) is 4.90 Å². The Morgan fingerprint density at radius 1 is 1.48 bits per heavy atom. The summed E-state index contributed by atoms with van der Waals surface area (Å²) >= 11 is 0. The fourth-order valence-electron chi connectivity index (χ4n) is 1.63. The zero-order valence-electron chi connectivity index (χ0n) is 12.4. The summed E-state index contributed by atoms with van der Waals surface area (Å²) in [6.07, 6.45) is 1.97. The van der Waals surface area contributed by atoms with Gasteiger partial charge in [-0.05, 0) is 13.3 Å². The Kier molecular flexibility index (Phi) is 6.31. The maximum absolute atomic E-state index is 11.7. The van der Waals surface area contributed by atoms with E-state index < -0.39 is 4.92 Å². The van der Waals surface area contributed by atoms with E-state index >= 15 is 0 Å². The molecule has 1 heterocycles. The molecule has 21 heavy (non-hydrogen) atoms. The van der Waals surface area contributed by atoms with Crippen LogP contribution in [0.2, 0.25) is 0 Å². The van der Waals surface area contributed by atoms with Crippen LogP contribution in [0, 0.1) is 10.1 Å². The van der Waals surface area contributed by atoms with E-state index in [2.05, 4.69) is 20.6 Å². The topological polar surface area (TPSA) is 113 Å². The van der Waals surface area contributed by atoms with E-state index in [9.17, 15) is 14.9 Å². The van der Waals surface area contributed by atoms with Gasteiger partial charge in [-0.2, -0.15) is 4.98 Å². The molecule has 1 aromatic heterocycles. The number of nitrogens with one attached hydrogen (secondary N) is 2. The van der Waals surface area contributed by atoms with Crippen molar-refractivity contribution in [1.29, 1.82) is 0 Å². The molecule has 116 valence electrons. The van der Waals surface area contributed by atoms with E-state index in [0.717, 1.165) is 12.6 Å². The summed E-state index contributed by atoms with van der Waals surface area (Å²) in [4.78, 5) is 31.6. The number of anilines is 2. The monoisotopic (exact) mass is 296 g/mol. The summed E-state index contributed by atoms with van der Waals surface area (Å²) in [6.45, 7) is 4.97. The van der Waals surface area contributed by atoms with Crippen molar-refractivity contribution < 1.29 is 9.72 Å². The Labute approximate surface area is 122 Å². The van der Waals surface area contributed by atoms with Gasteiger partial charge < -0.3 is 15.5 Å². The van der Waals surface area contributed by atoms with Gasteiger partial charge in [-0.15, -0.1) is 0 Å². The van der Waals surface area contributed by atoms with Gasteiger partial charge in [-0.25, -0.2) is 4.98 Å². The molecule has 9 nitrogen and oxygen atoms in total. The van der Waals surface area contributed by atoms with Crippen LogP contribution in [-0.4, -0.2) is 47.5 Å². The lowest BCUT2D eigenvalue weighted by molar-refractivity contribution is -0.384. The molecule has 0 bridgehead atoms. The summed E-state index contributed by atoms with van der Waals surface area (Å²) < 4.78 is 0. The Morgan fingerprint density at radius 2 is 2.19 bits per heavy atom. The van der Waals surface area contributed by atoms with Crippen LogP contribution in [0.4, 0.5) is 17.5 Å². The molecule has 0 fully saturated rings. The Hall–Kier alpha value is -2.45. The fraction of sp³-hybridized carbons (Fsp3) is 0.583. The quantitative estimate of drug-likeness (QED) is 0.538. The van der Waals surface area contributed by atoms with E-state index in [1.54, 1.807) is 7.05 Å². The summed E-state index contributed by atoms with van der Waals surface area (Å²) in [6, 6.07) is 0. The van der Waals surface area contributed by atoms with E-state index in [-0.39, 0.29) is 24.0 Å². The molecule has 0 atom stereocenters. The minimum Gasteiger partial charge on any atom is -0.355 e. The average molecular weight is 296 g/mol. The lowest BCUT2D eigenvalue weighted by Crippen LogP contribution is -2.36. The number of nitrogens with zero attached hydrogens (tertiary/aromatic N) is 4. The van der Waals surface area contributed by atoms with Crippen LogP contribution < -0.4 is 15.5 Å². The number of carbonyl (C=O) groups excluding carboxylic acids is 1. The smallest absolute Gasteiger partial charge is 0.329 e. The summed E-state index contributed by atoms with van der Waals surface area (Å²) in [5.74, 6) is 0.189. The second-order valence-electron chi connectivity index (χ2n) is 4.40. The van der Waals surface area contributed by atoms with Gasteiger partial charge in [0, 0.05) is 20.1 Å². The van der Waals surface area contributed by atoms with Crippen molar-refractivity contribution in [2.75, 3.05) is 36.9 Å². The molecule has 0 aliphatic rings. The second-order valence-corrected chi connectivity index (χ2v) is 4.40. The van der Waals surface area contributed by atoms with E-state index in [4.69, 9.17) is 0 Å². The largest absolute Gasteiger partial charge is 0.355 e. The molecular formula is C12H20N6O3. The third-order valence-electron chi connectivity index (χ3n) is 2.60.